The summed E-state index contributed by atoms with van der Waals surface area (Å²) in [5.74, 6) is 1.81. The van der Waals surface area contributed by atoms with Crippen LogP contribution in [0, 0.1) is 23.2 Å². The van der Waals surface area contributed by atoms with Gasteiger partial charge in [0.2, 0.25) is 0 Å². The van der Waals surface area contributed by atoms with Crippen molar-refractivity contribution in [2.45, 2.75) is 33.4 Å². The average Bonchev–Trinajstić information content (AvgIpc) is 2.90. The third-order valence-corrected chi connectivity index (χ3v) is 5.18. The second-order valence-electron chi connectivity index (χ2n) is 7.88. The molecule has 1 heterocycles. The van der Waals surface area contributed by atoms with Gasteiger partial charge in [0.05, 0.1) is 0 Å². The Hall–Kier alpha value is -1.55. The van der Waals surface area contributed by atoms with E-state index in [1.807, 2.05) is 6.07 Å². The summed E-state index contributed by atoms with van der Waals surface area (Å²) < 4.78 is 0. The second-order valence-corrected chi connectivity index (χ2v) is 7.88. The van der Waals surface area contributed by atoms with Gasteiger partial charge in [-0.25, -0.2) is 4.79 Å². The fraction of sp³-hybridized carbons (Fsp3) is 0.611. The van der Waals surface area contributed by atoms with Crippen molar-refractivity contribution in [3.05, 3.63) is 35.9 Å². The van der Waals surface area contributed by atoms with Crippen molar-refractivity contribution in [2.24, 2.45) is 23.2 Å². The number of nitrogens with zero attached hydrogens (tertiary/aromatic N) is 1. The quantitative estimate of drug-likeness (QED) is 0.899. The number of nitrogens with one attached hydrogen (secondary N) is 1. The minimum absolute atomic E-state index is 0.0301. The van der Waals surface area contributed by atoms with E-state index in [2.05, 4.69) is 55.3 Å². The van der Waals surface area contributed by atoms with E-state index in [0.717, 1.165) is 19.6 Å². The van der Waals surface area contributed by atoms with Gasteiger partial charge in [0.1, 0.15) is 0 Å². The van der Waals surface area contributed by atoms with Crippen molar-refractivity contribution in [3.8, 4) is 0 Å². The first-order valence-corrected chi connectivity index (χ1v) is 8.12. The van der Waals surface area contributed by atoms with Gasteiger partial charge in [-0.3, -0.25) is 4.90 Å². The van der Waals surface area contributed by atoms with E-state index in [0.29, 0.717) is 17.8 Å². The van der Waals surface area contributed by atoms with E-state index >= 15 is 0 Å². The molecule has 1 aromatic carbocycles. The van der Waals surface area contributed by atoms with Crippen molar-refractivity contribution in [1.29, 1.82) is 0 Å². The molecule has 3 unspecified atom stereocenters. The molecular formula is C18H26N2O2. The molecule has 1 aliphatic carbocycles. The summed E-state index contributed by atoms with van der Waals surface area (Å²) in [6, 6.07) is 10.6. The second kappa shape index (κ2) is 5.58. The number of piperidine rings is 1. The van der Waals surface area contributed by atoms with Crippen LogP contribution in [0.3, 0.4) is 0 Å². The maximum Gasteiger partial charge on any atom is 0.404 e. The molecule has 1 aliphatic heterocycles. The van der Waals surface area contributed by atoms with E-state index in [9.17, 15) is 4.79 Å². The van der Waals surface area contributed by atoms with Gasteiger partial charge in [-0.1, -0.05) is 51.1 Å². The van der Waals surface area contributed by atoms with Crippen LogP contribution in [0.5, 0.6) is 0 Å². The van der Waals surface area contributed by atoms with Crippen molar-refractivity contribution >= 4 is 6.09 Å². The normalized spacial score (nSPS) is 29.0. The van der Waals surface area contributed by atoms with Crippen molar-refractivity contribution < 1.29 is 9.90 Å². The first-order valence-electron chi connectivity index (χ1n) is 8.12. The highest BCUT2D eigenvalue weighted by molar-refractivity contribution is 5.65. The lowest BCUT2D eigenvalue weighted by atomic mass is 9.82. The van der Waals surface area contributed by atoms with Gasteiger partial charge < -0.3 is 10.4 Å². The van der Waals surface area contributed by atoms with Crippen LogP contribution in [0.2, 0.25) is 0 Å². The number of fused-ring (bicyclic) bond motifs is 1. The minimum Gasteiger partial charge on any atom is -0.465 e. The summed E-state index contributed by atoms with van der Waals surface area (Å²) in [7, 11) is 0. The van der Waals surface area contributed by atoms with Gasteiger partial charge in [0.15, 0.2) is 0 Å². The summed E-state index contributed by atoms with van der Waals surface area (Å²) in [6.45, 7) is 9.58. The predicted molar refractivity (Wildman–Crippen MR) is 86.6 cm³/mol. The largest absolute Gasteiger partial charge is 0.465 e. The number of hydrogen-bond donors (Lipinski definition) is 2. The third-order valence-electron chi connectivity index (χ3n) is 5.18. The Kier molecular flexibility index (Phi) is 3.89. The van der Waals surface area contributed by atoms with Crippen LogP contribution in [0.1, 0.15) is 26.3 Å². The van der Waals surface area contributed by atoms with E-state index in [1.54, 1.807) is 0 Å². The van der Waals surface area contributed by atoms with E-state index in [4.69, 9.17) is 5.11 Å². The Morgan fingerprint density at radius 1 is 1.27 bits per heavy atom. The highest BCUT2D eigenvalue weighted by atomic mass is 16.4. The molecule has 4 heteroatoms. The standard InChI is InChI=1S/C18H26N2O2/c1-18(2,3)16(19-17(21)22)15-13-10-20(11-14(13)15)9-12-7-5-4-6-8-12/h4-8,13-16,19H,9-11H2,1-3H3,(H,21,22). The maximum atomic E-state index is 11.1. The number of hydrogen-bond acceptors (Lipinski definition) is 2. The highest BCUT2D eigenvalue weighted by Gasteiger charge is 2.60. The molecule has 0 radical (unpaired) electrons. The van der Waals surface area contributed by atoms with Gasteiger partial charge in [0.25, 0.3) is 0 Å². The van der Waals surface area contributed by atoms with E-state index < -0.39 is 6.09 Å². The Morgan fingerprint density at radius 2 is 1.86 bits per heavy atom. The number of rotatable bonds is 4. The molecule has 0 aromatic heterocycles. The molecule has 1 amide bonds. The molecule has 1 saturated heterocycles. The molecule has 22 heavy (non-hydrogen) atoms. The Labute approximate surface area is 132 Å². The van der Waals surface area contributed by atoms with Crippen LogP contribution >= 0.6 is 0 Å². The monoisotopic (exact) mass is 302 g/mol. The summed E-state index contributed by atoms with van der Waals surface area (Å²) in [5.41, 5.74) is 1.33. The zero-order valence-corrected chi connectivity index (χ0v) is 13.6. The fourth-order valence-corrected chi connectivity index (χ4v) is 4.15. The zero-order chi connectivity index (χ0) is 15.9. The van der Waals surface area contributed by atoms with Gasteiger partial charge in [-0.2, -0.15) is 0 Å². The zero-order valence-electron chi connectivity index (χ0n) is 13.6. The lowest BCUT2D eigenvalue weighted by Crippen LogP contribution is -2.46. The van der Waals surface area contributed by atoms with Crippen LogP contribution in [-0.4, -0.2) is 35.2 Å². The minimum atomic E-state index is -0.897. The molecule has 1 aromatic rings. The summed E-state index contributed by atoms with van der Waals surface area (Å²) in [4.78, 5) is 13.6. The Bertz CT molecular complexity index is 526. The average molecular weight is 302 g/mol. The molecule has 3 rings (SSSR count). The van der Waals surface area contributed by atoms with Crippen molar-refractivity contribution in [2.75, 3.05) is 13.1 Å². The highest BCUT2D eigenvalue weighted by Crippen LogP contribution is 2.56. The van der Waals surface area contributed by atoms with Gasteiger partial charge in [-0.05, 0) is 28.7 Å². The summed E-state index contributed by atoms with van der Waals surface area (Å²) >= 11 is 0. The van der Waals surface area contributed by atoms with Crippen LogP contribution < -0.4 is 5.32 Å². The van der Waals surface area contributed by atoms with Crippen LogP contribution in [0.4, 0.5) is 4.79 Å². The topological polar surface area (TPSA) is 52.6 Å². The van der Waals surface area contributed by atoms with Crippen LogP contribution in [0.15, 0.2) is 30.3 Å². The lowest BCUT2D eigenvalue weighted by molar-refractivity contribution is 0.157. The number of amides is 1. The van der Waals surface area contributed by atoms with Crippen molar-refractivity contribution in [1.82, 2.24) is 10.2 Å². The van der Waals surface area contributed by atoms with Gasteiger partial charge >= 0.3 is 6.09 Å². The molecular weight excluding hydrogens is 276 g/mol. The Balaban J connectivity index is 1.58. The molecule has 1 saturated carbocycles. The van der Waals surface area contributed by atoms with Gasteiger partial charge in [0, 0.05) is 25.7 Å². The number of carbonyl (C=O) groups is 1. The predicted octanol–water partition coefficient (Wildman–Crippen LogP) is 3.05. The maximum absolute atomic E-state index is 11.1. The third kappa shape index (κ3) is 3.12. The van der Waals surface area contributed by atoms with Crippen molar-refractivity contribution in [3.63, 3.8) is 0 Å². The lowest BCUT2D eigenvalue weighted by Gasteiger charge is -2.33. The fourth-order valence-electron chi connectivity index (χ4n) is 4.15. The Morgan fingerprint density at radius 3 is 2.36 bits per heavy atom. The molecule has 120 valence electrons. The smallest absolute Gasteiger partial charge is 0.404 e. The SMILES string of the molecule is CC(C)(C)C(NC(=O)O)C1C2CN(Cc3ccccc3)CC21. The first-order chi connectivity index (χ1) is 10.4. The summed E-state index contributed by atoms with van der Waals surface area (Å²) in [5, 5.41) is 11.9. The first kappa shape index (κ1) is 15.3. The van der Waals surface area contributed by atoms with E-state index in [-0.39, 0.29) is 11.5 Å². The number of likely N-dealkylation sites (tertiary alicyclic amines) is 1. The molecule has 4 nitrogen and oxygen atoms in total. The molecule has 2 fully saturated rings. The molecule has 2 aliphatic rings. The number of benzene rings is 1. The molecule has 2 N–H and O–H groups in total. The van der Waals surface area contributed by atoms with Crippen LogP contribution in [0.25, 0.3) is 0 Å². The van der Waals surface area contributed by atoms with E-state index in [1.165, 1.54) is 5.56 Å². The van der Waals surface area contributed by atoms with Gasteiger partial charge in [-0.15, -0.1) is 0 Å². The number of carboxylic acid groups (broad SMARTS) is 1. The molecule has 3 atom stereocenters. The summed E-state index contributed by atoms with van der Waals surface area (Å²) in [6.07, 6.45) is -0.897. The van der Waals surface area contributed by atoms with Crippen LogP contribution in [-0.2, 0) is 6.54 Å². The molecule has 0 spiro atoms. The molecule has 0 bridgehead atoms.